The van der Waals surface area contributed by atoms with Crippen LogP contribution >= 0.6 is 0 Å². The number of aromatic nitrogens is 1. The third kappa shape index (κ3) is 6.22. The van der Waals surface area contributed by atoms with Gasteiger partial charge in [0.25, 0.3) is 11.8 Å². The van der Waals surface area contributed by atoms with Gasteiger partial charge in [-0.15, -0.1) is 0 Å². The molecule has 2 amide bonds. The van der Waals surface area contributed by atoms with Gasteiger partial charge in [0.1, 0.15) is 12.1 Å². The van der Waals surface area contributed by atoms with E-state index < -0.39 is 27.2 Å². The number of carbonyl (C=O) groups excluding carboxylic acids is 2. The van der Waals surface area contributed by atoms with Gasteiger partial charge in [0.05, 0.1) is 23.4 Å². The molecule has 3 heterocycles. The summed E-state index contributed by atoms with van der Waals surface area (Å²) in [5.74, 6) is -0.0863. The molecule has 2 saturated heterocycles. The number of nitrogens with zero attached hydrogens (tertiary/aromatic N) is 1. The van der Waals surface area contributed by atoms with Crippen LogP contribution in [0.15, 0.2) is 35.0 Å². The normalized spacial score (nSPS) is 27.9. The molecule has 2 saturated carbocycles. The minimum Gasteiger partial charge on any atom is -0.447 e. The molecule has 2 aliphatic carbocycles. The van der Waals surface area contributed by atoms with E-state index in [0.717, 1.165) is 37.7 Å². The van der Waals surface area contributed by atoms with Crippen molar-refractivity contribution in [3.63, 3.8) is 0 Å². The Morgan fingerprint density at radius 1 is 1.14 bits per heavy atom. The summed E-state index contributed by atoms with van der Waals surface area (Å²) < 4.78 is 52.1. The number of fused-ring (bicyclic) bond motifs is 5. The number of sulfonamides is 1. The van der Waals surface area contributed by atoms with Crippen molar-refractivity contribution in [1.29, 1.82) is 0 Å². The third-order valence-corrected chi connectivity index (χ3v) is 11.5. The van der Waals surface area contributed by atoms with Crippen LogP contribution in [0.5, 0.6) is 0 Å². The molecular weight excluding hydrogens is 585 g/mol. The summed E-state index contributed by atoms with van der Waals surface area (Å²) in [6, 6.07) is 4.35. The Morgan fingerprint density at radius 2 is 1.95 bits per heavy atom. The molecule has 1 aromatic carbocycles. The van der Waals surface area contributed by atoms with Gasteiger partial charge < -0.3 is 14.5 Å². The Hall–Kier alpha value is -3.05. The van der Waals surface area contributed by atoms with E-state index in [2.05, 4.69) is 10.3 Å². The maximum Gasteiger partial charge on any atom is 0.273 e. The fourth-order valence-corrected chi connectivity index (χ4v) is 8.54. The van der Waals surface area contributed by atoms with E-state index in [1.165, 1.54) is 69.9 Å². The van der Waals surface area contributed by atoms with Gasteiger partial charge in [-0.05, 0) is 73.8 Å². The smallest absolute Gasteiger partial charge is 0.273 e. The molecule has 238 valence electrons. The number of carbonyl (C=O) groups is 2. The lowest BCUT2D eigenvalue weighted by atomic mass is 9.86. The van der Waals surface area contributed by atoms with Crippen LogP contribution in [0.1, 0.15) is 98.6 Å². The molecule has 4 fully saturated rings. The molecular formula is C33H42FN3O6S. The van der Waals surface area contributed by atoms with Crippen LogP contribution in [0.25, 0.3) is 6.08 Å². The molecule has 9 nitrogen and oxygen atoms in total. The van der Waals surface area contributed by atoms with Crippen molar-refractivity contribution in [2.24, 2.45) is 17.8 Å². The summed E-state index contributed by atoms with van der Waals surface area (Å²) in [7, 11) is -3.69. The molecule has 2 aliphatic heterocycles. The van der Waals surface area contributed by atoms with Gasteiger partial charge >= 0.3 is 0 Å². The molecule has 5 atom stereocenters. The van der Waals surface area contributed by atoms with E-state index in [1.54, 1.807) is 6.07 Å². The lowest BCUT2D eigenvalue weighted by Gasteiger charge is -2.21. The second-order valence-electron chi connectivity index (χ2n) is 12.8. The van der Waals surface area contributed by atoms with Crippen LogP contribution < -0.4 is 10.0 Å². The number of nitrogens with one attached hydrogen (secondary N) is 2. The van der Waals surface area contributed by atoms with E-state index in [9.17, 15) is 22.4 Å². The fraction of sp³-hybridized carbons (Fsp3) is 0.606. The van der Waals surface area contributed by atoms with Crippen molar-refractivity contribution < 1.29 is 31.6 Å². The number of hydrogen-bond acceptors (Lipinski definition) is 7. The minimum absolute atomic E-state index is 0.0518. The Balaban J connectivity index is 1.12. The van der Waals surface area contributed by atoms with Crippen LogP contribution in [0.2, 0.25) is 0 Å². The first-order chi connectivity index (χ1) is 21.2. The SMILES string of the molecule is CCS(=O)(=O)NC(=O)/C=C/c1ccc(F)cc1CC1C2C3CCC(O3)C12c1nc(C(=O)NCCCCC2CCCCC2)co1. The number of hydrogen-bond donors (Lipinski definition) is 2. The van der Waals surface area contributed by atoms with Gasteiger partial charge in [0.2, 0.25) is 15.9 Å². The van der Waals surface area contributed by atoms with Crippen LogP contribution in [-0.2, 0) is 31.4 Å². The molecule has 0 radical (unpaired) electrons. The largest absolute Gasteiger partial charge is 0.447 e. The summed E-state index contributed by atoms with van der Waals surface area (Å²) in [4.78, 5) is 29.8. The van der Waals surface area contributed by atoms with Gasteiger partial charge in [-0.1, -0.05) is 51.0 Å². The average molecular weight is 628 g/mol. The number of benzene rings is 1. The third-order valence-electron chi connectivity index (χ3n) is 10.2. The van der Waals surface area contributed by atoms with Gasteiger partial charge in [0, 0.05) is 18.5 Å². The van der Waals surface area contributed by atoms with Crippen molar-refractivity contribution in [3.8, 4) is 0 Å². The standard InChI is InChI=1S/C33H42FN3O6S/c1-2-44(40,41)37-29(38)16-12-22-11-13-24(34)18-23(22)19-25-30-27-14-15-28(43-27)33(25,30)32-36-26(20-42-32)31(39)35-17-7-6-10-21-8-4-3-5-9-21/h11-13,16,18,20-21,25,27-28,30H,2-10,14-15,17,19H2,1H3,(H,35,39)(H,37,38)/b16-12+. The Morgan fingerprint density at radius 3 is 2.75 bits per heavy atom. The Bertz CT molecular complexity index is 1520. The van der Waals surface area contributed by atoms with E-state index >= 15 is 0 Å². The quantitative estimate of drug-likeness (QED) is 0.235. The summed E-state index contributed by atoms with van der Waals surface area (Å²) >= 11 is 0. The molecule has 2 N–H and O–H groups in total. The second kappa shape index (κ2) is 12.7. The van der Waals surface area contributed by atoms with E-state index in [1.807, 2.05) is 4.72 Å². The first kappa shape index (κ1) is 31.0. The van der Waals surface area contributed by atoms with Crippen LogP contribution in [-0.4, -0.2) is 49.7 Å². The van der Waals surface area contributed by atoms with Crippen molar-refractivity contribution in [3.05, 3.63) is 59.1 Å². The molecule has 5 unspecified atom stereocenters. The van der Waals surface area contributed by atoms with Crippen LogP contribution in [0, 0.1) is 23.6 Å². The van der Waals surface area contributed by atoms with Gasteiger partial charge in [-0.3, -0.25) is 9.59 Å². The van der Waals surface area contributed by atoms with E-state index in [0.29, 0.717) is 30.0 Å². The monoisotopic (exact) mass is 627 g/mol. The first-order valence-corrected chi connectivity index (χ1v) is 17.8. The van der Waals surface area contributed by atoms with Gasteiger partial charge in [0.15, 0.2) is 5.69 Å². The predicted molar refractivity (Wildman–Crippen MR) is 163 cm³/mol. The van der Waals surface area contributed by atoms with Gasteiger partial charge in [-0.25, -0.2) is 22.5 Å². The highest BCUT2D eigenvalue weighted by Crippen LogP contribution is 2.73. The lowest BCUT2D eigenvalue weighted by Crippen LogP contribution is -2.30. The number of rotatable bonds is 13. The number of amides is 2. The molecule has 2 aromatic rings. The zero-order valence-corrected chi connectivity index (χ0v) is 26.0. The zero-order chi connectivity index (χ0) is 30.9. The van der Waals surface area contributed by atoms with Gasteiger partial charge in [-0.2, -0.15) is 0 Å². The first-order valence-electron chi connectivity index (χ1n) is 16.1. The maximum atomic E-state index is 14.4. The van der Waals surface area contributed by atoms with Crippen molar-refractivity contribution in [2.75, 3.05) is 12.3 Å². The zero-order valence-electron chi connectivity index (χ0n) is 25.2. The highest BCUT2D eigenvalue weighted by molar-refractivity contribution is 7.90. The second-order valence-corrected chi connectivity index (χ2v) is 14.9. The van der Waals surface area contributed by atoms with Crippen molar-refractivity contribution in [2.45, 2.75) is 95.2 Å². The lowest BCUT2D eigenvalue weighted by molar-refractivity contribution is -0.114. The topological polar surface area (TPSA) is 128 Å². The van der Waals surface area contributed by atoms with E-state index in [-0.39, 0.29) is 41.4 Å². The fourth-order valence-electron chi connectivity index (χ4n) is 8.02. The molecule has 6 rings (SSSR count). The highest BCUT2D eigenvalue weighted by atomic mass is 32.2. The summed E-state index contributed by atoms with van der Waals surface area (Å²) in [6.07, 6.45) is 16.4. The van der Waals surface area contributed by atoms with Crippen LogP contribution in [0.3, 0.4) is 0 Å². The Labute approximate surface area is 258 Å². The van der Waals surface area contributed by atoms with E-state index in [4.69, 9.17) is 9.15 Å². The number of oxazole rings is 1. The minimum atomic E-state index is -3.69. The van der Waals surface area contributed by atoms with Crippen LogP contribution in [0.4, 0.5) is 4.39 Å². The molecule has 44 heavy (non-hydrogen) atoms. The number of halogens is 1. The number of ether oxygens (including phenoxy) is 1. The summed E-state index contributed by atoms with van der Waals surface area (Å²) in [6.45, 7) is 2.05. The highest BCUT2D eigenvalue weighted by Gasteiger charge is 2.80. The predicted octanol–water partition coefficient (Wildman–Crippen LogP) is 5.06. The molecule has 4 aliphatic rings. The number of unbranched alkanes of at least 4 members (excludes halogenated alkanes) is 1. The Kier molecular flexibility index (Phi) is 8.97. The van der Waals surface area contributed by atoms with Crippen molar-refractivity contribution in [1.82, 2.24) is 15.0 Å². The molecule has 11 heteroatoms. The molecule has 2 bridgehead atoms. The van der Waals surface area contributed by atoms with Crippen molar-refractivity contribution >= 4 is 27.9 Å². The summed E-state index contributed by atoms with van der Waals surface area (Å²) in [5, 5.41) is 2.99. The summed E-state index contributed by atoms with van der Waals surface area (Å²) in [5.41, 5.74) is 1.10. The maximum absolute atomic E-state index is 14.4. The molecule has 0 spiro atoms. The molecule has 1 aromatic heterocycles. The average Bonchev–Trinajstić information content (AvgIpc) is 3.44.